The zero-order valence-corrected chi connectivity index (χ0v) is 16.9. The number of sulfonamides is 1. The molecular weight excluding hydrogens is 403 g/mol. The van der Waals surface area contributed by atoms with Gasteiger partial charge in [0.25, 0.3) is 0 Å². The van der Waals surface area contributed by atoms with Crippen LogP contribution in [-0.2, 0) is 19.6 Å². The number of anilines is 2. The zero-order valence-electron chi connectivity index (χ0n) is 16.1. The summed E-state index contributed by atoms with van der Waals surface area (Å²) >= 11 is 0. The Bertz CT molecular complexity index is 944. The summed E-state index contributed by atoms with van der Waals surface area (Å²) in [5, 5.41) is 2.60. The fourth-order valence-electron chi connectivity index (χ4n) is 4.16. The van der Waals surface area contributed by atoms with Gasteiger partial charge in [-0.15, -0.1) is 0 Å². The molecule has 1 saturated carbocycles. The molecule has 1 aromatic carbocycles. The van der Waals surface area contributed by atoms with Gasteiger partial charge in [-0.25, -0.2) is 22.3 Å². The molecule has 3 fully saturated rings. The molecule has 9 nitrogen and oxygen atoms in total. The maximum atomic E-state index is 14.8. The second-order valence-electron chi connectivity index (χ2n) is 7.84. The van der Waals surface area contributed by atoms with Crippen LogP contribution in [0.4, 0.5) is 20.6 Å². The van der Waals surface area contributed by atoms with Gasteiger partial charge in [-0.05, 0) is 30.0 Å². The zero-order chi connectivity index (χ0) is 20.9. The lowest BCUT2D eigenvalue weighted by molar-refractivity contribution is -0.119. The maximum absolute atomic E-state index is 14.8. The molecule has 3 aliphatic rings. The number of ether oxygens (including phenoxy) is 1. The summed E-state index contributed by atoms with van der Waals surface area (Å²) in [7, 11) is -3.24. The molecule has 0 radical (unpaired) electrons. The Hall–Kier alpha value is -2.40. The van der Waals surface area contributed by atoms with E-state index in [1.165, 1.54) is 17.9 Å². The summed E-state index contributed by atoms with van der Waals surface area (Å²) in [6.45, 7) is 2.98. The first-order valence-corrected chi connectivity index (χ1v) is 11.3. The summed E-state index contributed by atoms with van der Waals surface area (Å²) in [5.41, 5.74) is 0.823. The van der Waals surface area contributed by atoms with E-state index in [0.29, 0.717) is 24.5 Å². The molecule has 2 aliphatic heterocycles. The van der Waals surface area contributed by atoms with Crippen molar-refractivity contribution in [2.45, 2.75) is 19.1 Å². The van der Waals surface area contributed by atoms with Crippen molar-refractivity contribution in [3.8, 4) is 0 Å². The number of hydrogen-bond donors (Lipinski definition) is 2. The molecular formula is C18H23FN4O5S. The van der Waals surface area contributed by atoms with E-state index in [4.69, 9.17) is 4.74 Å². The van der Waals surface area contributed by atoms with Gasteiger partial charge < -0.3 is 15.0 Å². The van der Waals surface area contributed by atoms with E-state index in [1.807, 2.05) is 4.90 Å². The third-order valence-electron chi connectivity index (χ3n) is 5.58. The SMILES string of the molecule is CC(=O)NC[C@H]1CN(c2ccc(N3CC4C(C3)C4NS(C)(=O)=O)c(F)c2)C(=O)O1. The molecule has 0 spiro atoms. The van der Waals surface area contributed by atoms with Crippen molar-refractivity contribution in [3.63, 3.8) is 0 Å². The standard InChI is InChI=1S/C18H23FN4O5S/c1-10(24)20-6-12-7-23(18(25)28-12)11-3-4-16(15(19)5-11)22-8-13-14(9-22)17(13)21-29(2,26)27/h3-5,12-14,17,21H,6-9H2,1-2H3,(H,20,24)/t12-,13?,14?,17?/m0/s1. The summed E-state index contributed by atoms with van der Waals surface area (Å²) in [6, 6.07) is 4.52. The topological polar surface area (TPSA) is 108 Å². The van der Waals surface area contributed by atoms with Gasteiger partial charge in [0.2, 0.25) is 15.9 Å². The van der Waals surface area contributed by atoms with Crippen molar-refractivity contribution in [1.29, 1.82) is 0 Å². The molecule has 0 aromatic heterocycles. The second-order valence-corrected chi connectivity index (χ2v) is 9.62. The highest BCUT2D eigenvalue weighted by molar-refractivity contribution is 7.88. The van der Waals surface area contributed by atoms with Crippen molar-refractivity contribution in [3.05, 3.63) is 24.0 Å². The molecule has 2 amide bonds. The highest BCUT2D eigenvalue weighted by Crippen LogP contribution is 2.47. The Labute approximate surface area is 168 Å². The third-order valence-corrected chi connectivity index (χ3v) is 6.28. The molecule has 0 bridgehead atoms. The largest absolute Gasteiger partial charge is 0.442 e. The summed E-state index contributed by atoms with van der Waals surface area (Å²) in [6.07, 6.45) is 0.0742. The normalized spacial score (nSPS) is 28.3. The average Bonchev–Trinajstić information content (AvgIpc) is 2.98. The molecule has 2 N–H and O–H groups in total. The number of halogens is 1. The number of nitrogens with zero attached hydrogens (tertiary/aromatic N) is 2. The minimum atomic E-state index is -3.24. The smallest absolute Gasteiger partial charge is 0.414 e. The first-order valence-electron chi connectivity index (χ1n) is 9.37. The van der Waals surface area contributed by atoms with Gasteiger partial charge in [-0.1, -0.05) is 0 Å². The lowest BCUT2D eigenvalue weighted by Crippen LogP contribution is -2.34. The van der Waals surface area contributed by atoms with Crippen molar-refractivity contribution in [2.75, 3.05) is 42.2 Å². The quantitative estimate of drug-likeness (QED) is 0.676. The van der Waals surface area contributed by atoms with Gasteiger partial charge in [-0.3, -0.25) is 9.69 Å². The van der Waals surface area contributed by atoms with Crippen LogP contribution in [0.3, 0.4) is 0 Å². The van der Waals surface area contributed by atoms with Crippen molar-refractivity contribution >= 4 is 33.4 Å². The molecule has 11 heteroatoms. The number of hydrogen-bond acceptors (Lipinski definition) is 6. The number of fused-ring (bicyclic) bond motifs is 1. The predicted octanol–water partition coefficient (Wildman–Crippen LogP) is 0.271. The van der Waals surface area contributed by atoms with Crippen LogP contribution >= 0.6 is 0 Å². The molecule has 1 aromatic rings. The molecule has 2 heterocycles. The highest BCUT2D eigenvalue weighted by Gasteiger charge is 2.57. The summed E-state index contributed by atoms with van der Waals surface area (Å²) in [4.78, 5) is 26.3. The van der Waals surface area contributed by atoms with Crippen molar-refractivity contribution < 1.29 is 27.1 Å². The van der Waals surface area contributed by atoms with Crippen LogP contribution < -0.4 is 19.8 Å². The molecule has 3 atom stereocenters. The van der Waals surface area contributed by atoms with Gasteiger partial charge in [0.1, 0.15) is 11.9 Å². The van der Waals surface area contributed by atoms with Crippen LogP contribution in [0.1, 0.15) is 6.92 Å². The summed E-state index contributed by atoms with van der Waals surface area (Å²) in [5.74, 6) is -0.291. The number of rotatable bonds is 6. The van der Waals surface area contributed by atoms with Gasteiger partial charge in [0.05, 0.1) is 30.7 Å². The van der Waals surface area contributed by atoms with E-state index in [1.54, 1.807) is 12.1 Å². The Morgan fingerprint density at radius 2 is 1.97 bits per heavy atom. The van der Waals surface area contributed by atoms with Crippen LogP contribution in [0.25, 0.3) is 0 Å². The fraction of sp³-hybridized carbons (Fsp3) is 0.556. The van der Waals surface area contributed by atoms with E-state index in [-0.39, 0.29) is 36.9 Å². The van der Waals surface area contributed by atoms with E-state index >= 15 is 0 Å². The van der Waals surface area contributed by atoms with Crippen LogP contribution in [-0.4, -0.2) is 65.0 Å². The number of carbonyl (C=O) groups is 2. The molecule has 2 unspecified atom stereocenters. The van der Waals surface area contributed by atoms with E-state index in [0.717, 1.165) is 6.26 Å². The molecule has 158 valence electrons. The second kappa shape index (κ2) is 7.13. The Kier molecular flexibility index (Phi) is 4.89. The van der Waals surface area contributed by atoms with E-state index < -0.39 is 28.0 Å². The van der Waals surface area contributed by atoms with E-state index in [9.17, 15) is 22.4 Å². The molecule has 1 aliphatic carbocycles. The molecule has 29 heavy (non-hydrogen) atoms. The van der Waals surface area contributed by atoms with Crippen LogP contribution in [0, 0.1) is 17.7 Å². The van der Waals surface area contributed by atoms with Gasteiger partial charge in [0.15, 0.2) is 0 Å². The fourth-order valence-corrected chi connectivity index (χ4v) is 5.01. The first kappa shape index (κ1) is 19.9. The number of cyclic esters (lactones) is 1. The predicted molar refractivity (Wildman–Crippen MR) is 104 cm³/mol. The maximum Gasteiger partial charge on any atom is 0.414 e. The highest BCUT2D eigenvalue weighted by atomic mass is 32.2. The van der Waals surface area contributed by atoms with Gasteiger partial charge in [-0.2, -0.15) is 0 Å². The minimum absolute atomic E-state index is 0.0662. The number of nitrogens with one attached hydrogen (secondary N) is 2. The average molecular weight is 426 g/mol. The Balaban J connectivity index is 1.38. The van der Waals surface area contributed by atoms with Crippen LogP contribution in [0.15, 0.2) is 18.2 Å². The van der Waals surface area contributed by atoms with Gasteiger partial charge in [0, 0.05) is 26.1 Å². The van der Waals surface area contributed by atoms with Crippen molar-refractivity contribution in [1.82, 2.24) is 10.0 Å². The number of benzene rings is 1. The Morgan fingerprint density at radius 3 is 2.55 bits per heavy atom. The van der Waals surface area contributed by atoms with Crippen LogP contribution in [0.5, 0.6) is 0 Å². The lowest BCUT2D eigenvalue weighted by Gasteiger charge is -2.23. The third kappa shape index (κ3) is 4.15. The minimum Gasteiger partial charge on any atom is -0.442 e. The van der Waals surface area contributed by atoms with E-state index in [2.05, 4.69) is 10.0 Å². The van der Waals surface area contributed by atoms with Gasteiger partial charge >= 0.3 is 6.09 Å². The van der Waals surface area contributed by atoms with Crippen molar-refractivity contribution in [2.24, 2.45) is 11.8 Å². The molecule has 4 rings (SSSR count). The number of piperidine rings is 1. The molecule has 2 saturated heterocycles. The number of amides is 2. The monoisotopic (exact) mass is 426 g/mol. The van der Waals surface area contributed by atoms with Crippen LogP contribution in [0.2, 0.25) is 0 Å². The first-order chi connectivity index (χ1) is 13.6. The Morgan fingerprint density at radius 1 is 1.28 bits per heavy atom. The summed E-state index contributed by atoms with van der Waals surface area (Å²) < 4.78 is 45.3. The lowest BCUT2D eigenvalue weighted by atomic mass is 10.2. The number of carbonyl (C=O) groups excluding carboxylic acids is 2.